The van der Waals surface area contributed by atoms with Crippen molar-refractivity contribution in [3.63, 3.8) is 0 Å². The van der Waals surface area contributed by atoms with Gasteiger partial charge >= 0.3 is 0 Å². The lowest BCUT2D eigenvalue weighted by atomic mass is 10.1. The number of methoxy groups -OCH3 is 1. The number of ether oxygens (including phenoxy) is 3. The molecule has 2 aromatic rings. The second-order valence-electron chi connectivity index (χ2n) is 10.6. The van der Waals surface area contributed by atoms with Crippen molar-refractivity contribution >= 4 is 27.5 Å². The summed E-state index contributed by atoms with van der Waals surface area (Å²) in [6, 6.07) is 11.5. The largest absolute Gasteiger partial charge is 0.497 e. The van der Waals surface area contributed by atoms with E-state index in [0.717, 1.165) is 11.8 Å². The Balaban J connectivity index is 1.76. The second kappa shape index (κ2) is 12.6. The molecule has 1 heterocycles. The zero-order chi connectivity index (χ0) is 28.8. The molecule has 0 saturated heterocycles. The SMILES string of the molecule is COc1cccc(CN(C(=O)CCCN(c2ccc3c(c2)OCCO3)S(C)(=O)=O)C(C)C(=O)NC(C)(C)C)c1. The predicted molar refractivity (Wildman–Crippen MR) is 150 cm³/mol. The van der Waals surface area contributed by atoms with E-state index in [-0.39, 0.29) is 37.7 Å². The van der Waals surface area contributed by atoms with Gasteiger partial charge in [-0.2, -0.15) is 0 Å². The Morgan fingerprint density at radius 3 is 2.41 bits per heavy atom. The molecule has 1 aliphatic heterocycles. The number of sulfonamides is 1. The summed E-state index contributed by atoms with van der Waals surface area (Å²) in [7, 11) is -2.07. The third-order valence-corrected chi connectivity index (χ3v) is 7.31. The third-order valence-electron chi connectivity index (χ3n) is 6.12. The molecule has 0 aliphatic carbocycles. The molecule has 2 amide bonds. The average molecular weight is 562 g/mol. The van der Waals surface area contributed by atoms with Gasteiger partial charge < -0.3 is 24.4 Å². The minimum Gasteiger partial charge on any atom is -0.497 e. The molecule has 10 nitrogen and oxygen atoms in total. The molecule has 0 fully saturated rings. The van der Waals surface area contributed by atoms with Crippen LogP contribution in [-0.4, -0.2) is 69.8 Å². The van der Waals surface area contributed by atoms with Crippen molar-refractivity contribution in [2.75, 3.05) is 37.4 Å². The van der Waals surface area contributed by atoms with Crippen LogP contribution in [0.15, 0.2) is 42.5 Å². The standard InChI is InChI=1S/C28H39N3O7S/c1-20(27(33)29-28(2,3)4)30(19-21-9-7-10-23(17-21)36-5)26(32)11-8-14-31(39(6,34)35)22-12-13-24-25(18-22)38-16-15-37-24/h7,9-10,12-13,17-18,20H,8,11,14-16,19H2,1-6H3,(H,29,33). The summed E-state index contributed by atoms with van der Waals surface area (Å²) in [4.78, 5) is 28.0. The molecule has 3 rings (SSSR count). The first kappa shape index (κ1) is 30.1. The van der Waals surface area contributed by atoms with Crippen LogP contribution in [0.25, 0.3) is 0 Å². The van der Waals surface area contributed by atoms with E-state index in [1.807, 2.05) is 45.0 Å². The van der Waals surface area contributed by atoms with Gasteiger partial charge in [0, 0.05) is 31.1 Å². The van der Waals surface area contributed by atoms with Gasteiger partial charge in [-0.1, -0.05) is 12.1 Å². The number of carbonyl (C=O) groups excluding carboxylic acids is 2. The highest BCUT2D eigenvalue weighted by molar-refractivity contribution is 7.92. The lowest BCUT2D eigenvalue weighted by Crippen LogP contribution is -2.52. The predicted octanol–water partition coefficient (Wildman–Crippen LogP) is 3.34. The van der Waals surface area contributed by atoms with Gasteiger partial charge in [-0.15, -0.1) is 0 Å². The van der Waals surface area contributed by atoms with Crippen molar-refractivity contribution in [1.29, 1.82) is 0 Å². The van der Waals surface area contributed by atoms with E-state index in [0.29, 0.717) is 36.1 Å². The van der Waals surface area contributed by atoms with Crippen molar-refractivity contribution in [1.82, 2.24) is 10.2 Å². The van der Waals surface area contributed by atoms with Gasteiger partial charge in [-0.25, -0.2) is 8.42 Å². The molecular weight excluding hydrogens is 522 g/mol. The maximum atomic E-state index is 13.5. The highest BCUT2D eigenvalue weighted by atomic mass is 32.2. The van der Waals surface area contributed by atoms with Crippen molar-refractivity contribution in [2.45, 2.75) is 58.7 Å². The first-order chi connectivity index (χ1) is 18.3. The Labute approximate surface area is 231 Å². The van der Waals surface area contributed by atoms with Crippen LogP contribution in [0, 0.1) is 0 Å². The minimum absolute atomic E-state index is 0.0493. The first-order valence-electron chi connectivity index (χ1n) is 12.9. The molecule has 39 heavy (non-hydrogen) atoms. The highest BCUT2D eigenvalue weighted by Gasteiger charge is 2.29. The Kier molecular flexibility index (Phi) is 9.71. The summed E-state index contributed by atoms with van der Waals surface area (Å²) in [5.74, 6) is 1.16. The Morgan fingerprint density at radius 1 is 1.08 bits per heavy atom. The third kappa shape index (κ3) is 8.51. The number of rotatable bonds is 11. The number of benzene rings is 2. The van der Waals surface area contributed by atoms with Gasteiger partial charge in [0.2, 0.25) is 21.8 Å². The Hall–Kier alpha value is -3.47. The van der Waals surface area contributed by atoms with E-state index in [1.54, 1.807) is 32.2 Å². The van der Waals surface area contributed by atoms with E-state index in [2.05, 4.69) is 5.32 Å². The summed E-state index contributed by atoms with van der Waals surface area (Å²) in [6.45, 7) is 8.43. The number of fused-ring (bicyclic) bond motifs is 1. The lowest BCUT2D eigenvalue weighted by Gasteiger charge is -2.32. The maximum absolute atomic E-state index is 13.5. The number of nitrogens with one attached hydrogen (secondary N) is 1. The Bertz CT molecular complexity index is 1270. The molecule has 0 radical (unpaired) electrons. The van der Waals surface area contributed by atoms with Gasteiger partial charge in [-0.3, -0.25) is 13.9 Å². The molecule has 1 aliphatic rings. The zero-order valence-electron chi connectivity index (χ0n) is 23.5. The normalized spacial score (nSPS) is 13.8. The number of hydrogen-bond donors (Lipinski definition) is 1. The van der Waals surface area contributed by atoms with Crippen LogP contribution in [0.4, 0.5) is 5.69 Å². The minimum atomic E-state index is -3.63. The molecule has 11 heteroatoms. The van der Waals surface area contributed by atoms with Crippen LogP contribution in [0.1, 0.15) is 46.1 Å². The molecule has 0 aromatic heterocycles. The number of carbonyl (C=O) groups is 2. The summed E-state index contributed by atoms with van der Waals surface area (Å²) < 4.78 is 43.0. The quantitative estimate of drug-likeness (QED) is 0.448. The summed E-state index contributed by atoms with van der Waals surface area (Å²) >= 11 is 0. The fraction of sp³-hybridized carbons (Fsp3) is 0.500. The van der Waals surface area contributed by atoms with Crippen LogP contribution >= 0.6 is 0 Å². The van der Waals surface area contributed by atoms with Crippen LogP contribution < -0.4 is 23.8 Å². The van der Waals surface area contributed by atoms with Gasteiger partial charge in [-0.05, 0) is 63.9 Å². The molecular formula is C28H39N3O7S. The molecule has 214 valence electrons. The number of nitrogens with zero attached hydrogens (tertiary/aromatic N) is 2. The van der Waals surface area contributed by atoms with Gasteiger partial charge in [0.15, 0.2) is 11.5 Å². The molecule has 1 atom stereocenters. The highest BCUT2D eigenvalue weighted by Crippen LogP contribution is 2.34. The molecule has 0 bridgehead atoms. The zero-order valence-corrected chi connectivity index (χ0v) is 24.3. The van der Waals surface area contributed by atoms with E-state index in [1.165, 1.54) is 9.21 Å². The monoisotopic (exact) mass is 561 g/mol. The average Bonchev–Trinajstić information content (AvgIpc) is 2.87. The molecule has 2 aromatic carbocycles. The lowest BCUT2D eigenvalue weighted by molar-refractivity contribution is -0.141. The van der Waals surface area contributed by atoms with Crippen LogP contribution in [-0.2, 0) is 26.2 Å². The fourth-order valence-corrected chi connectivity index (χ4v) is 5.17. The van der Waals surface area contributed by atoms with Crippen LogP contribution in [0.2, 0.25) is 0 Å². The molecule has 0 spiro atoms. The number of hydrogen-bond acceptors (Lipinski definition) is 7. The topological polar surface area (TPSA) is 114 Å². The molecule has 1 N–H and O–H groups in total. The summed E-state index contributed by atoms with van der Waals surface area (Å²) in [6.07, 6.45) is 1.43. The van der Waals surface area contributed by atoms with Crippen molar-refractivity contribution in [3.05, 3.63) is 48.0 Å². The van der Waals surface area contributed by atoms with Crippen LogP contribution in [0.5, 0.6) is 17.2 Å². The van der Waals surface area contributed by atoms with E-state index >= 15 is 0 Å². The number of amides is 2. The van der Waals surface area contributed by atoms with E-state index in [9.17, 15) is 18.0 Å². The van der Waals surface area contributed by atoms with Crippen molar-refractivity contribution in [2.24, 2.45) is 0 Å². The number of anilines is 1. The molecule has 1 unspecified atom stereocenters. The second-order valence-corrected chi connectivity index (χ2v) is 12.5. The van der Waals surface area contributed by atoms with Gasteiger partial charge in [0.1, 0.15) is 25.0 Å². The summed E-state index contributed by atoms with van der Waals surface area (Å²) in [5.41, 5.74) is 0.780. The van der Waals surface area contributed by atoms with E-state index in [4.69, 9.17) is 14.2 Å². The fourth-order valence-electron chi connectivity index (χ4n) is 4.22. The Morgan fingerprint density at radius 2 is 1.77 bits per heavy atom. The van der Waals surface area contributed by atoms with Gasteiger partial charge in [0.05, 0.1) is 19.1 Å². The first-order valence-corrected chi connectivity index (χ1v) is 14.7. The van der Waals surface area contributed by atoms with E-state index < -0.39 is 21.6 Å². The van der Waals surface area contributed by atoms with Gasteiger partial charge in [0.25, 0.3) is 0 Å². The van der Waals surface area contributed by atoms with Crippen molar-refractivity contribution < 1.29 is 32.2 Å². The van der Waals surface area contributed by atoms with Crippen LogP contribution in [0.3, 0.4) is 0 Å². The molecule has 0 saturated carbocycles. The maximum Gasteiger partial charge on any atom is 0.242 e. The van der Waals surface area contributed by atoms with Crippen molar-refractivity contribution in [3.8, 4) is 17.2 Å². The summed E-state index contributed by atoms with van der Waals surface area (Å²) in [5, 5.41) is 2.94. The smallest absolute Gasteiger partial charge is 0.242 e.